The summed E-state index contributed by atoms with van der Waals surface area (Å²) in [6, 6.07) is 9.99. The second kappa shape index (κ2) is 8.26. The van der Waals surface area contributed by atoms with Crippen molar-refractivity contribution in [1.29, 1.82) is 0 Å². The van der Waals surface area contributed by atoms with Gasteiger partial charge in [-0.3, -0.25) is 0 Å². The highest BCUT2D eigenvalue weighted by molar-refractivity contribution is 5.13. The van der Waals surface area contributed by atoms with Crippen LogP contribution in [-0.2, 0) is 20.8 Å². The van der Waals surface area contributed by atoms with Gasteiger partial charge >= 0.3 is 0 Å². The Morgan fingerprint density at radius 1 is 1.25 bits per heavy atom. The summed E-state index contributed by atoms with van der Waals surface area (Å²) in [5.74, 6) is -0.468. The summed E-state index contributed by atoms with van der Waals surface area (Å²) in [4.78, 5) is 0. The van der Waals surface area contributed by atoms with Gasteiger partial charge in [0.15, 0.2) is 5.79 Å². The molecule has 0 unspecified atom stereocenters. The number of benzene rings is 1. The van der Waals surface area contributed by atoms with E-state index in [0.717, 1.165) is 31.2 Å². The first kappa shape index (κ1) is 17.6. The zero-order valence-corrected chi connectivity index (χ0v) is 14.4. The number of aliphatic hydroxyl groups is 1. The van der Waals surface area contributed by atoms with Gasteiger partial charge in [0.2, 0.25) is 0 Å². The van der Waals surface area contributed by atoms with E-state index in [9.17, 15) is 5.11 Å². The van der Waals surface area contributed by atoms with Crippen molar-refractivity contribution in [2.24, 2.45) is 0 Å². The van der Waals surface area contributed by atoms with Crippen molar-refractivity contribution in [2.75, 3.05) is 6.61 Å². The van der Waals surface area contributed by atoms with E-state index in [1.807, 2.05) is 49.4 Å². The van der Waals surface area contributed by atoms with Crippen LogP contribution >= 0.6 is 0 Å². The normalized spacial score (nSPS) is 26.0. The third-order valence-corrected chi connectivity index (χ3v) is 4.88. The van der Waals surface area contributed by atoms with Gasteiger partial charge in [-0.15, -0.1) is 0 Å². The number of hydrogen-bond donors (Lipinski definition) is 1. The molecular weight excluding hydrogens is 304 g/mol. The van der Waals surface area contributed by atoms with E-state index in [1.165, 1.54) is 6.42 Å². The maximum atomic E-state index is 10.8. The molecule has 1 aliphatic heterocycles. The predicted molar refractivity (Wildman–Crippen MR) is 92.5 cm³/mol. The lowest BCUT2D eigenvalue weighted by Gasteiger charge is -2.33. The third kappa shape index (κ3) is 4.25. The van der Waals surface area contributed by atoms with Gasteiger partial charge in [0.05, 0.1) is 13.2 Å². The van der Waals surface area contributed by atoms with Gasteiger partial charge in [-0.2, -0.15) is 0 Å². The number of aliphatic hydroxyl groups excluding tert-OH is 1. The van der Waals surface area contributed by atoms with Crippen LogP contribution in [0.5, 0.6) is 0 Å². The highest BCUT2D eigenvalue weighted by Crippen LogP contribution is 2.39. The molecule has 3 rings (SSSR count). The second-order valence-electron chi connectivity index (χ2n) is 6.72. The van der Waals surface area contributed by atoms with Crippen molar-refractivity contribution in [3.05, 3.63) is 48.0 Å². The average Bonchev–Trinajstić information content (AvgIpc) is 3.03. The smallest absolute Gasteiger partial charge is 0.169 e. The number of allylic oxidation sites excluding steroid dienone is 1. The molecule has 0 bridgehead atoms. The van der Waals surface area contributed by atoms with Crippen LogP contribution in [0, 0.1) is 0 Å². The minimum Gasteiger partial charge on any atom is -0.387 e. The second-order valence-corrected chi connectivity index (χ2v) is 6.72. The highest BCUT2D eigenvalue weighted by atomic mass is 16.7. The predicted octanol–water partition coefficient (Wildman–Crippen LogP) is 3.58. The molecule has 24 heavy (non-hydrogen) atoms. The van der Waals surface area contributed by atoms with Crippen molar-refractivity contribution in [3.8, 4) is 0 Å². The molecule has 4 nitrogen and oxygen atoms in total. The molecule has 1 aromatic rings. The Morgan fingerprint density at radius 2 is 2.00 bits per heavy atom. The highest BCUT2D eigenvalue weighted by Gasteiger charge is 2.45. The molecule has 1 aromatic carbocycles. The van der Waals surface area contributed by atoms with E-state index >= 15 is 0 Å². The molecule has 1 saturated heterocycles. The van der Waals surface area contributed by atoms with Crippen molar-refractivity contribution in [1.82, 2.24) is 0 Å². The Labute approximate surface area is 144 Å². The van der Waals surface area contributed by atoms with Crippen molar-refractivity contribution in [3.63, 3.8) is 0 Å². The van der Waals surface area contributed by atoms with Crippen LogP contribution in [0.25, 0.3) is 0 Å². The molecule has 2 fully saturated rings. The monoisotopic (exact) mass is 332 g/mol. The molecule has 132 valence electrons. The van der Waals surface area contributed by atoms with E-state index in [2.05, 4.69) is 0 Å². The van der Waals surface area contributed by atoms with Gasteiger partial charge in [-0.1, -0.05) is 48.9 Å². The Kier molecular flexibility index (Phi) is 6.06. The Balaban J connectivity index is 1.59. The molecule has 1 heterocycles. The molecular formula is C20H28O4. The van der Waals surface area contributed by atoms with E-state index in [-0.39, 0.29) is 6.10 Å². The zero-order chi connectivity index (χ0) is 16.8. The SMILES string of the molecule is C/C=C/[C@H](OCc1ccccc1)[C@@H](O)[C@H]1COC2(CCCCC2)O1. The average molecular weight is 332 g/mol. The molecule has 1 N–H and O–H groups in total. The van der Waals surface area contributed by atoms with Crippen molar-refractivity contribution >= 4 is 0 Å². The molecule has 0 aromatic heterocycles. The summed E-state index contributed by atoms with van der Waals surface area (Å²) in [5.41, 5.74) is 1.09. The summed E-state index contributed by atoms with van der Waals surface area (Å²) in [5, 5.41) is 10.8. The summed E-state index contributed by atoms with van der Waals surface area (Å²) in [6.07, 6.45) is 7.69. The number of rotatable bonds is 6. The summed E-state index contributed by atoms with van der Waals surface area (Å²) >= 11 is 0. The van der Waals surface area contributed by atoms with E-state index in [0.29, 0.717) is 13.2 Å². The van der Waals surface area contributed by atoms with E-state index in [1.54, 1.807) is 0 Å². The fraction of sp³-hybridized carbons (Fsp3) is 0.600. The lowest BCUT2D eigenvalue weighted by atomic mass is 9.94. The maximum Gasteiger partial charge on any atom is 0.169 e. The minimum absolute atomic E-state index is 0.333. The first-order chi connectivity index (χ1) is 11.7. The molecule has 2 aliphatic rings. The summed E-state index contributed by atoms with van der Waals surface area (Å²) in [6.45, 7) is 2.83. The van der Waals surface area contributed by atoms with Gasteiger partial charge < -0.3 is 19.3 Å². The molecule has 3 atom stereocenters. The summed E-state index contributed by atoms with van der Waals surface area (Å²) < 4.78 is 18.0. The topological polar surface area (TPSA) is 47.9 Å². The van der Waals surface area contributed by atoms with Gasteiger partial charge in [0.25, 0.3) is 0 Å². The lowest BCUT2D eigenvalue weighted by Crippen LogP contribution is -2.41. The van der Waals surface area contributed by atoms with E-state index < -0.39 is 18.0 Å². The first-order valence-corrected chi connectivity index (χ1v) is 9.01. The molecule has 1 spiro atoms. The Hall–Kier alpha value is -1.20. The van der Waals surface area contributed by atoms with Crippen molar-refractivity contribution < 1.29 is 19.3 Å². The van der Waals surface area contributed by atoms with Crippen LogP contribution in [-0.4, -0.2) is 35.8 Å². The molecule has 0 radical (unpaired) electrons. The van der Waals surface area contributed by atoms with Gasteiger partial charge in [0.1, 0.15) is 18.3 Å². The Bertz CT molecular complexity index is 522. The molecule has 4 heteroatoms. The van der Waals surface area contributed by atoms with Crippen LogP contribution < -0.4 is 0 Å². The fourth-order valence-corrected chi connectivity index (χ4v) is 3.53. The van der Waals surface area contributed by atoms with Gasteiger partial charge in [0, 0.05) is 12.8 Å². The maximum absolute atomic E-state index is 10.8. The molecule has 1 aliphatic carbocycles. The Morgan fingerprint density at radius 3 is 2.71 bits per heavy atom. The van der Waals surface area contributed by atoms with Gasteiger partial charge in [-0.05, 0) is 25.3 Å². The van der Waals surface area contributed by atoms with Crippen molar-refractivity contribution in [2.45, 2.75) is 69.7 Å². The van der Waals surface area contributed by atoms with Crippen LogP contribution in [0.2, 0.25) is 0 Å². The minimum atomic E-state index is -0.730. The summed E-state index contributed by atoms with van der Waals surface area (Å²) in [7, 11) is 0. The number of ether oxygens (including phenoxy) is 3. The van der Waals surface area contributed by atoms with Crippen LogP contribution in [0.4, 0.5) is 0 Å². The quantitative estimate of drug-likeness (QED) is 0.809. The van der Waals surface area contributed by atoms with Crippen LogP contribution in [0.3, 0.4) is 0 Å². The van der Waals surface area contributed by atoms with Gasteiger partial charge in [-0.25, -0.2) is 0 Å². The third-order valence-electron chi connectivity index (χ3n) is 4.88. The van der Waals surface area contributed by atoms with Crippen LogP contribution in [0.15, 0.2) is 42.5 Å². The largest absolute Gasteiger partial charge is 0.387 e. The molecule has 1 saturated carbocycles. The standard InChI is InChI=1S/C20H28O4/c1-2-9-17(22-14-16-10-5-3-6-11-16)19(21)18-15-23-20(24-18)12-7-4-8-13-20/h2-3,5-6,9-11,17-19,21H,4,7-8,12-15H2,1H3/b9-2+/t17-,18+,19+/m0/s1. The first-order valence-electron chi connectivity index (χ1n) is 9.01. The fourth-order valence-electron chi connectivity index (χ4n) is 3.53. The lowest BCUT2D eigenvalue weighted by molar-refractivity contribution is -0.201. The van der Waals surface area contributed by atoms with Crippen LogP contribution in [0.1, 0.15) is 44.6 Å². The zero-order valence-electron chi connectivity index (χ0n) is 14.4. The molecule has 0 amide bonds. The number of hydrogen-bond acceptors (Lipinski definition) is 4. The van der Waals surface area contributed by atoms with E-state index in [4.69, 9.17) is 14.2 Å².